The van der Waals surface area contributed by atoms with Crippen molar-refractivity contribution in [3.63, 3.8) is 0 Å². The lowest BCUT2D eigenvalue weighted by molar-refractivity contribution is 0.189. The van der Waals surface area contributed by atoms with Gasteiger partial charge >= 0.3 is 0 Å². The lowest BCUT2D eigenvalue weighted by Gasteiger charge is -2.32. The van der Waals surface area contributed by atoms with Crippen molar-refractivity contribution in [2.75, 3.05) is 33.2 Å². The van der Waals surface area contributed by atoms with Gasteiger partial charge in [-0.25, -0.2) is 4.39 Å². The maximum absolute atomic E-state index is 13.6. The first kappa shape index (κ1) is 24.9. The highest BCUT2D eigenvalue weighted by atomic mass is 32.2. The third-order valence-corrected chi connectivity index (χ3v) is 7.04. The number of nitrogens with zero attached hydrogens (tertiary/aromatic N) is 1. The van der Waals surface area contributed by atoms with Crippen molar-refractivity contribution in [1.82, 2.24) is 0 Å². The molecule has 1 aliphatic carbocycles. The van der Waals surface area contributed by atoms with Crippen molar-refractivity contribution in [3.8, 4) is 11.5 Å². The number of aliphatic imine (C=N–C) groups is 1. The Labute approximate surface area is 210 Å². The summed E-state index contributed by atoms with van der Waals surface area (Å²) in [6.45, 7) is 3.02. The van der Waals surface area contributed by atoms with Crippen molar-refractivity contribution < 1.29 is 23.3 Å². The molecule has 0 N–H and O–H groups in total. The van der Waals surface area contributed by atoms with E-state index in [2.05, 4.69) is 24.0 Å². The van der Waals surface area contributed by atoms with Crippen LogP contribution >= 0.6 is 11.8 Å². The van der Waals surface area contributed by atoms with Crippen LogP contribution in [-0.2, 0) is 9.47 Å². The first-order chi connectivity index (χ1) is 17.1. The van der Waals surface area contributed by atoms with Gasteiger partial charge in [0.1, 0.15) is 18.1 Å². The van der Waals surface area contributed by atoms with Gasteiger partial charge in [-0.1, -0.05) is 19.1 Å². The van der Waals surface area contributed by atoms with Crippen LogP contribution in [0.25, 0.3) is 0 Å². The summed E-state index contributed by atoms with van der Waals surface area (Å²) in [4.78, 5) is 5.81. The van der Waals surface area contributed by atoms with Crippen LogP contribution in [0, 0.1) is 11.7 Å². The van der Waals surface area contributed by atoms with Gasteiger partial charge in [0.15, 0.2) is 17.3 Å². The van der Waals surface area contributed by atoms with Crippen LogP contribution in [-0.4, -0.2) is 45.4 Å². The summed E-state index contributed by atoms with van der Waals surface area (Å²) < 4.78 is 36.3. The van der Waals surface area contributed by atoms with Crippen LogP contribution in [0.1, 0.15) is 13.3 Å². The van der Waals surface area contributed by atoms with E-state index in [4.69, 9.17) is 18.9 Å². The molecule has 0 radical (unpaired) electrons. The van der Waals surface area contributed by atoms with Crippen molar-refractivity contribution in [1.29, 1.82) is 0 Å². The number of benzene rings is 2. The monoisotopic (exact) mass is 495 g/mol. The first-order valence-corrected chi connectivity index (χ1v) is 12.6. The van der Waals surface area contributed by atoms with Gasteiger partial charge in [-0.3, -0.25) is 4.99 Å². The summed E-state index contributed by atoms with van der Waals surface area (Å²) in [5, 5.41) is 0. The number of ether oxygens (including phenoxy) is 4. The third-order valence-electron chi connectivity index (χ3n) is 5.94. The highest BCUT2D eigenvalue weighted by molar-refractivity contribution is 7.99. The quantitative estimate of drug-likeness (QED) is 0.273. The fourth-order valence-corrected chi connectivity index (χ4v) is 4.94. The molecule has 1 aliphatic heterocycles. The minimum atomic E-state index is -0.327. The third kappa shape index (κ3) is 6.09. The standard InChI is InChI=1S/C28H30FNO4S/c1-19-27-23(17-26(31-2)28(19)32-3)20(13-14-30-27)18-34-21-9-11-22(12-10-21)35-16-6-15-33-25-8-5-4-7-24(25)29/h4-5,7-14,17,19,27H,6,15-16,18H2,1-3H3. The van der Waals surface area contributed by atoms with Crippen molar-refractivity contribution in [2.24, 2.45) is 10.9 Å². The Morgan fingerprint density at radius 1 is 1.00 bits per heavy atom. The predicted octanol–water partition coefficient (Wildman–Crippen LogP) is 6.23. The van der Waals surface area contributed by atoms with Crippen LogP contribution in [0.15, 0.2) is 93.2 Å². The predicted molar refractivity (Wildman–Crippen MR) is 138 cm³/mol. The van der Waals surface area contributed by atoms with Gasteiger partial charge < -0.3 is 18.9 Å². The average Bonchev–Trinajstić information content (AvgIpc) is 2.89. The van der Waals surface area contributed by atoms with Crippen LogP contribution in [0.5, 0.6) is 11.5 Å². The first-order valence-electron chi connectivity index (χ1n) is 11.6. The number of hydrogen-bond acceptors (Lipinski definition) is 6. The van der Waals surface area contributed by atoms with Gasteiger partial charge in [0.2, 0.25) is 0 Å². The van der Waals surface area contributed by atoms with E-state index in [1.807, 2.05) is 30.5 Å². The summed E-state index contributed by atoms with van der Waals surface area (Å²) >= 11 is 1.74. The molecule has 0 fully saturated rings. The number of fused-ring (bicyclic) bond motifs is 1. The van der Waals surface area contributed by atoms with E-state index in [0.717, 1.165) is 45.5 Å². The number of dihydropyridines is 1. The minimum absolute atomic E-state index is 0.00594. The second-order valence-electron chi connectivity index (χ2n) is 8.20. The molecule has 2 atom stereocenters. The Morgan fingerprint density at radius 3 is 2.54 bits per heavy atom. The van der Waals surface area contributed by atoms with Crippen molar-refractivity contribution in [3.05, 3.63) is 89.2 Å². The molecule has 0 bridgehead atoms. The van der Waals surface area contributed by atoms with Crippen LogP contribution in [0.3, 0.4) is 0 Å². The Morgan fingerprint density at radius 2 is 1.80 bits per heavy atom. The zero-order chi connectivity index (χ0) is 24.6. The van der Waals surface area contributed by atoms with E-state index in [1.165, 1.54) is 6.07 Å². The molecule has 1 heterocycles. The van der Waals surface area contributed by atoms with E-state index in [1.54, 1.807) is 44.2 Å². The van der Waals surface area contributed by atoms with Crippen molar-refractivity contribution >= 4 is 18.0 Å². The Hall–Kier alpha value is -3.19. The topological polar surface area (TPSA) is 49.3 Å². The molecule has 4 rings (SSSR count). The number of halogens is 1. The molecule has 2 aromatic rings. The zero-order valence-corrected chi connectivity index (χ0v) is 21.0. The van der Waals surface area contributed by atoms with Gasteiger partial charge in [-0.2, -0.15) is 0 Å². The van der Waals surface area contributed by atoms with E-state index >= 15 is 0 Å². The van der Waals surface area contributed by atoms with Gasteiger partial charge in [0.05, 0.1) is 26.9 Å². The second kappa shape index (κ2) is 12.0. The molecule has 0 saturated carbocycles. The molecule has 7 heteroatoms. The number of hydrogen-bond donors (Lipinski definition) is 0. The number of para-hydroxylation sites is 1. The van der Waals surface area contributed by atoms with Gasteiger partial charge in [0.25, 0.3) is 0 Å². The molecule has 2 unspecified atom stereocenters. The SMILES string of the molecule is COC1=C(OC)C(C)C2N=CC=C(COc3ccc(SCCCOc4ccccc4F)cc3)C2=C1. The summed E-state index contributed by atoms with van der Waals surface area (Å²) in [7, 11) is 3.32. The van der Waals surface area contributed by atoms with Crippen LogP contribution in [0.4, 0.5) is 4.39 Å². The largest absolute Gasteiger partial charge is 0.497 e. The maximum atomic E-state index is 13.6. The van der Waals surface area contributed by atoms with Crippen molar-refractivity contribution in [2.45, 2.75) is 24.3 Å². The molecule has 2 aromatic carbocycles. The number of rotatable bonds is 11. The maximum Gasteiger partial charge on any atom is 0.165 e. The summed E-state index contributed by atoms with van der Waals surface area (Å²) in [5.41, 5.74) is 2.18. The smallest absolute Gasteiger partial charge is 0.165 e. The molecule has 0 aromatic heterocycles. The molecule has 184 valence electrons. The minimum Gasteiger partial charge on any atom is -0.497 e. The van der Waals surface area contributed by atoms with E-state index < -0.39 is 0 Å². The molecule has 0 spiro atoms. The highest BCUT2D eigenvalue weighted by Crippen LogP contribution is 2.37. The van der Waals surface area contributed by atoms with E-state index in [0.29, 0.717) is 19.0 Å². The normalized spacial score (nSPS) is 19.0. The van der Waals surface area contributed by atoms with Crippen LogP contribution < -0.4 is 9.47 Å². The summed E-state index contributed by atoms with van der Waals surface area (Å²) in [6, 6.07) is 14.5. The van der Waals surface area contributed by atoms with Gasteiger partial charge in [-0.15, -0.1) is 11.8 Å². The lowest BCUT2D eigenvalue weighted by Crippen LogP contribution is -2.30. The molecule has 35 heavy (non-hydrogen) atoms. The Kier molecular flexibility index (Phi) is 8.53. The number of thioether (sulfide) groups is 1. The molecule has 5 nitrogen and oxygen atoms in total. The fourth-order valence-electron chi connectivity index (χ4n) is 4.11. The molecule has 0 saturated heterocycles. The molecular weight excluding hydrogens is 465 g/mol. The Bertz CT molecular complexity index is 1140. The number of methoxy groups -OCH3 is 2. The average molecular weight is 496 g/mol. The van der Waals surface area contributed by atoms with Gasteiger partial charge in [-0.05, 0) is 66.1 Å². The fraction of sp³-hybridized carbons (Fsp3) is 0.321. The van der Waals surface area contributed by atoms with E-state index in [-0.39, 0.29) is 17.8 Å². The highest BCUT2D eigenvalue weighted by Gasteiger charge is 2.34. The van der Waals surface area contributed by atoms with Gasteiger partial charge in [0, 0.05) is 22.8 Å². The number of allylic oxidation sites excluding steroid dienone is 2. The summed E-state index contributed by atoms with van der Waals surface area (Å²) in [5.74, 6) is 3.30. The molecule has 0 amide bonds. The summed E-state index contributed by atoms with van der Waals surface area (Å²) in [6.07, 6.45) is 6.67. The zero-order valence-electron chi connectivity index (χ0n) is 20.2. The lowest BCUT2D eigenvalue weighted by atomic mass is 9.83. The molecule has 2 aliphatic rings. The second-order valence-corrected chi connectivity index (χ2v) is 9.37. The van der Waals surface area contributed by atoms with Crippen LogP contribution in [0.2, 0.25) is 0 Å². The molecular formula is C28H30FNO4S. The van der Waals surface area contributed by atoms with E-state index in [9.17, 15) is 4.39 Å². The Balaban J connectivity index is 1.26.